The molecule has 0 radical (unpaired) electrons. The Morgan fingerprint density at radius 2 is 0.844 bits per heavy atom. The fraction of sp³-hybridized carbons (Fsp3) is 0. The summed E-state index contributed by atoms with van der Waals surface area (Å²) in [5.74, 6) is 0. The van der Waals surface area contributed by atoms with E-state index in [-0.39, 0.29) is 0 Å². The fourth-order valence-electron chi connectivity index (χ4n) is 10.3. The maximum Gasteiger partial charge on any atom is 0.143 e. The van der Waals surface area contributed by atoms with Gasteiger partial charge in [-0.15, -0.1) is 11.3 Å². The molecule has 0 aliphatic heterocycles. The van der Waals surface area contributed by atoms with Gasteiger partial charge in [-0.05, 0) is 113 Å². The Bertz CT molecular complexity index is 4030. The number of hydrogen-bond acceptors (Lipinski definition) is 3. The molecule has 0 aliphatic carbocycles. The lowest BCUT2D eigenvalue weighted by atomic mass is 9.98. The highest BCUT2D eigenvalue weighted by molar-refractivity contribution is 7.25. The third kappa shape index (κ3) is 5.27. The van der Waals surface area contributed by atoms with Crippen LogP contribution in [0.15, 0.2) is 223 Å². The molecule has 0 unspecified atom stereocenters. The Morgan fingerprint density at radius 3 is 1.52 bits per heavy atom. The van der Waals surface area contributed by atoms with Crippen LogP contribution in [-0.2, 0) is 0 Å². The van der Waals surface area contributed by atoms with Crippen molar-refractivity contribution in [1.29, 1.82) is 0 Å². The van der Waals surface area contributed by atoms with E-state index in [2.05, 4.69) is 216 Å². The van der Waals surface area contributed by atoms with Crippen LogP contribution in [0.25, 0.3) is 114 Å². The third-order valence-electron chi connectivity index (χ3n) is 13.3. The van der Waals surface area contributed by atoms with Crippen molar-refractivity contribution in [2.75, 3.05) is 4.90 Å². The van der Waals surface area contributed by atoms with E-state index < -0.39 is 0 Å². The molecule has 10 aromatic carbocycles. The van der Waals surface area contributed by atoms with Crippen LogP contribution >= 0.6 is 11.3 Å². The number of rotatable bonds is 6. The van der Waals surface area contributed by atoms with Gasteiger partial charge in [-0.3, -0.25) is 0 Å². The quantitative estimate of drug-likeness (QED) is 0.166. The molecule has 0 amide bonds. The first-order chi connectivity index (χ1) is 31.7. The summed E-state index contributed by atoms with van der Waals surface area (Å²) < 4.78 is 11.5. The van der Waals surface area contributed by atoms with Crippen LogP contribution in [0.1, 0.15) is 0 Å². The number of thiophene rings is 1. The Kier molecular flexibility index (Phi) is 7.56. The lowest BCUT2D eigenvalue weighted by Gasteiger charge is -2.26. The highest BCUT2D eigenvalue weighted by Crippen LogP contribution is 2.44. The van der Waals surface area contributed by atoms with Gasteiger partial charge in [0.15, 0.2) is 0 Å². The molecule has 0 spiro atoms. The minimum atomic E-state index is 0.906. The molecule has 0 N–H and O–H groups in total. The maximum absolute atomic E-state index is 6.45. The highest BCUT2D eigenvalue weighted by atomic mass is 32.1. The molecular weight excluding hydrogens is 797 g/mol. The lowest BCUT2D eigenvalue weighted by Crippen LogP contribution is -2.09. The maximum atomic E-state index is 6.45. The zero-order chi connectivity index (χ0) is 41.9. The van der Waals surface area contributed by atoms with E-state index in [0.717, 1.165) is 50.1 Å². The van der Waals surface area contributed by atoms with Crippen molar-refractivity contribution in [1.82, 2.24) is 4.40 Å². The molecule has 4 heteroatoms. The molecule has 0 saturated heterocycles. The molecule has 0 saturated carbocycles. The van der Waals surface area contributed by atoms with Crippen molar-refractivity contribution < 1.29 is 4.42 Å². The number of benzene rings is 10. The van der Waals surface area contributed by atoms with E-state index in [0.29, 0.717) is 0 Å². The summed E-state index contributed by atoms with van der Waals surface area (Å²) in [5.41, 5.74) is 15.9. The molecular formula is C60H36N2OS. The van der Waals surface area contributed by atoms with Crippen LogP contribution in [0.4, 0.5) is 17.1 Å². The van der Waals surface area contributed by atoms with E-state index in [1.54, 1.807) is 0 Å². The molecule has 3 nitrogen and oxygen atoms in total. The lowest BCUT2D eigenvalue weighted by molar-refractivity contribution is 0.670. The average Bonchev–Trinajstić information content (AvgIpc) is 4.12. The summed E-state index contributed by atoms with van der Waals surface area (Å²) >= 11 is 1.86. The van der Waals surface area contributed by atoms with Crippen molar-refractivity contribution in [3.63, 3.8) is 0 Å². The molecule has 0 bridgehead atoms. The number of fused-ring (bicyclic) bond motifs is 12. The first-order valence-corrected chi connectivity index (χ1v) is 22.6. The number of nitrogens with zero attached hydrogens (tertiary/aromatic N) is 2. The van der Waals surface area contributed by atoms with E-state index in [1.807, 2.05) is 23.5 Å². The smallest absolute Gasteiger partial charge is 0.143 e. The van der Waals surface area contributed by atoms with Crippen molar-refractivity contribution in [3.05, 3.63) is 218 Å². The number of furan rings is 1. The first kappa shape index (κ1) is 35.4. The minimum Gasteiger partial charge on any atom is -0.455 e. The second kappa shape index (κ2) is 13.7. The van der Waals surface area contributed by atoms with Crippen molar-refractivity contribution in [3.8, 4) is 33.4 Å². The van der Waals surface area contributed by atoms with E-state index in [9.17, 15) is 0 Å². The number of hydrogen-bond donors (Lipinski definition) is 0. The van der Waals surface area contributed by atoms with Gasteiger partial charge in [-0.1, -0.05) is 133 Å². The van der Waals surface area contributed by atoms with Crippen molar-refractivity contribution >= 4 is 109 Å². The van der Waals surface area contributed by atoms with Crippen LogP contribution in [-0.4, -0.2) is 4.40 Å². The summed E-state index contributed by atoms with van der Waals surface area (Å²) in [6.45, 7) is 0. The number of anilines is 3. The minimum absolute atomic E-state index is 0.906. The summed E-state index contributed by atoms with van der Waals surface area (Å²) in [6.07, 6.45) is 0. The molecule has 14 rings (SSSR count). The summed E-state index contributed by atoms with van der Waals surface area (Å²) in [7, 11) is 0. The van der Waals surface area contributed by atoms with Crippen molar-refractivity contribution in [2.24, 2.45) is 0 Å². The molecule has 4 aromatic heterocycles. The Hall–Kier alpha value is -8.18. The molecule has 14 aromatic rings. The van der Waals surface area contributed by atoms with E-state index in [4.69, 9.17) is 4.42 Å². The second-order valence-corrected chi connectivity index (χ2v) is 17.9. The van der Waals surface area contributed by atoms with Gasteiger partial charge in [-0.2, -0.15) is 0 Å². The summed E-state index contributed by atoms with van der Waals surface area (Å²) in [5, 5.41) is 10.0. The van der Waals surface area contributed by atoms with Crippen LogP contribution in [0.3, 0.4) is 0 Å². The van der Waals surface area contributed by atoms with Crippen LogP contribution in [0, 0.1) is 0 Å². The van der Waals surface area contributed by atoms with Crippen LogP contribution in [0.2, 0.25) is 0 Å². The van der Waals surface area contributed by atoms with Crippen molar-refractivity contribution in [2.45, 2.75) is 0 Å². The molecule has 0 fully saturated rings. The van der Waals surface area contributed by atoms with Gasteiger partial charge in [0.1, 0.15) is 11.2 Å². The van der Waals surface area contributed by atoms with Gasteiger partial charge >= 0.3 is 0 Å². The topological polar surface area (TPSA) is 20.8 Å². The van der Waals surface area contributed by atoms with E-state index in [1.165, 1.54) is 80.5 Å². The zero-order valence-corrected chi connectivity index (χ0v) is 35.3. The Balaban J connectivity index is 0.879. The molecule has 0 atom stereocenters. The Morgan fingerprint density at radius 1 is 0.344 bits per heavy atom. The largest absolute Gasteiger partial charge is 0.455 e. The first-order valence-electron chi connectivity index (χ1n) is 21.8. The SMILES string of the molecule is c1ccc2c(c1)oc1c(-c3ccc(N(c4ccc(-c5ccc6sc7ccccc7c6c5)cc4)c4ccc(-c5cc6c7ccccc7n7c8ccccc8c(c5)c67)cc4)cc3)cccc12. The van der Waals surface area contributed by atoms with Gasteiger partial charge in [0, 0.05) is 75.1 Å². The van der Waals surface area contributed by atoms with Gasteiger partial charge in [0.25, 0.3) is 0 Å². The predicted octanol–water partition coefficient (Wildman–Crippen LogP) is 17.6. The normalized spacial score (nSPS) is 12.1. The molecule has 4 heterocycles. The number of para-hydroxylation sites is 4. The zero-order valence-electron chi connectivity index (χ0n) is 34.5. The molecule has 64 heavy (non-hydrogen) atoms. The number of aromatic nitrogens is 1. The second-order valence-electron chi connectivity index (χ2n) is 16.9. The average molecular weight is 833 g/mol. The standard InChI is InChI=1S/C60H36N2OS/c1-5-16-54-46(10-1)52-35-41(36-53-47-11-2-6-17-55(47)62(54)59(52)53)38-22-29-43(30-23-38)61(42-27-20-37(21-28-42)40-26-33-58-51(34-40)49-13-4-8-19-57(49)64-58)44-31-24-39(25-32-44)45-14-9-15-50-48-12-3-7-18-56(48)63-60(45)50/h1-36H. The van der Waals surface area contributed by atoms with E-state index >= 15 is 0 Å². The summed E-state index contributed by atoms with van der Waals surface area (Å²) in [4.78, 5) is 2.36. The summed E-state index contributed by atoms with van der Waals surface area (Å²) in [6, 6.07) is 79.7. The van der Waals surface area contributed by atoms with Crippen LogP contribution < -0.4 is 4.90 Å². The molecule has 298 valence electrons. The Labute approximate surface area is 372 Å². The van der Waals surface area contributed by atoms with Crippen LogP contribution in [0.5, 0.6) is 0 Å². The molecule has 0 aliphatic rings. The fourth-order valence-corrected chi connectivity index (χ4v) is 11.4. The highest BCUT2D eigenvalue weighted by Gasteiger charge is 2.20. The van der Waals surface area contributed by atoms with Gasteiger partial charge < -0.3 is 13.7 Å². The van der Waals surface area contributed by atoms with Gasteiger partial charge in [0.05, 0.1) is 16.6 Å². The van der Waals surface area contributed by atoms with Gasteiger partial charge in [-0.25, -0.2) is 0 Å². The predicted molar refractivity (Wildman–Crippen MR) is 272 cm³/mol. The monoisotopic (exact) mass is 832 g/mol. The third-order valence-corrected chi connectivity index (χ3v) is 14.5. The van der Waals surface area contributed by atoms with Gasteiger partial charge in [0.2, 0.25) is 0 Å².